The Hall–Kier alpha value is -3.59. The number of aryl methyl sites for hydroxylation is 2. The standard InChI is InChI=1S/C26H29FN2O5S/c1-19-10-13-21(14-11-19)35(31,32)29(23-9-5-4-8-22(23)27)18-26(30)28-16-6-7-20-12-15-24(33-2)25(17-20)34-3/h4-5,8-15,17H,6-7,16,18H2,1-3H3,(H,28,30). The van der Waals surface area contributed by atoms with Crippen LogP contribution in [-0.2, 0) is 21.2 Å². The molecule has 0 atom stereocenters. The fourth-order valence-electron chi connectivity index (χ4n) is 3.53. The molecular formula is C26H29FN2O5S. The van der Waals surface area contributed by atoms with E-state index in [0.717, 1.165) is 21.5 Å². The largest absolute Gasteiger partial charge is 0.493 e. The smallest absolute Gasteiger partial charge is 0.264 e. The van der Waals surface area contributed by atoms with Gasteiger partial charge in [0.25, 0.3) is 10.0 Å². The third-order valence-corrected chi connectivity index (χ3v) is 7.20. The van der Waals surface area contributed by atoms with Crippen LogP contribution in [0.1, 0.15) is 17.5 Å². The van der Waals surface area contributed by atoms with Crippen molar-refractivity contribution in [1.82, 2.24) is 5.32 Å². The van der Waals surface area contributed by atoms with E-state index in [1.54, 1.807) is 26.4 Å². The zero-order valence-electron chi connectivity index (χ0n) is 20.0. The Morgan fingerprint density at radius 2 is 1.66 bits per heavy atom. The molecule has 0 saturated heterocycles. The quantitative estimate of drug-likeness (QED) is 0.401. The predicted octanol–water partition coefficient (Wildman–Crippen LogP) is 4.10. The van der Waals surface area contributed by atoms with E-state index in [4.69, 9.17) is 9.47 Å². The molecule has 3 aromatic carbocycles. The second kappa shape index (κ2) is 11.7. The van der Waals surface area contributed by atoms with Crippen LogP contribution in [0.3, 0.4) is 0 Å². The Bertz CT molecular complexity index is 1260. The number of amides is 1. The molecule has 0 aliphatic carbocycles. The van der Waals surface area contributed by atoms with Crippen LogP contribution in [0.25, 0.3) is 0 Å². The molecule has 35 heavy (non-hydrogen) atoms. The number of nitrogens with zero attached hydrogens (tertiary/aromatic N) is 1. The number of ether oxygens (including phenoxy) is 2. The Labute approximate surface area is 205 Å². The van der Waals surface area contributed by atoms with E-state index in [-0.39, 0.29) is 10.6 Å². The van der Waals surface area contributed by atoms with Crippen molar-refractivity contribution in [2.24, 2.45) is 0 Å². The third kappa shape index (κ3) is 6.51. The van der Waals surface area contributed by atoms with Gasteiger partial charge in [0.05, 0.1) is 24.8 Å². The minimum absolute atomic E-state index is 0.0207. The fraction of sp³-hybridized carbons (Fsp3) is 0.269. The van der Waals surface area contributed by atoms with Gasteiger partial charge < -0.3 is 14.8 Å². The molecule has 7 nitrogen and oxygen atoms in total. The Morgan fingerprint density at radius 3 is 2.31 bits per heavy atom. The zero-order valence-corrected chi connectivity index (χ0v) is 20.8. The molecule has 1 N–H and O–H groups in total. The number of nitrogens with one attached hydrogen (secondary N) is 1. The molecule has 0 heterocycles. The zero-order chi connectivity index (χ0) is 25.4. The molecule has 0 aromatic heterocycles. The van der Waals surface area contributed by atoms with Crippen molar-refractivity contribution in [2.75, 3.05) is 31.6 Å². The number of carbonyl (C=O) groups excluding carboxylic acids is 1. The molecular weight excluding hydrogens is 471 g/mol. The first-order valence-electron chi connectivity index (χ1n) is 11.1. The highest BCUT2D eigenvalue weighted by atomic mass is 32.2. The van der Waals surface area contributed by atoms with E-state index in [0.29, 0.717) is 30.9 Å². The number of carbonyl (C=O) groups is 1. The van der Waals surface area contributed by atoms with Crippen molar-refractivity contribution < 1.29 is 27.1 Å². The number of rotatable bonds is 11. The number of benzene rings is 3. The Kier molecular flexibility index (Phi) is 8.70. The first kappa shape index (κ1) is 26.0. The highest BCUT2D eigenvalue weighted by Crippen LogP contribution is 2.28. The van der Waals surface area contributed by atoms with E-state index in [1.165, 1.54) is 30.3 Å². The normalized spacial score (nSPS) is 11.1. The summed E-state index contributed by atoms with van der Waals surface area (Å²) in [6, 6.07) is 17.3. The maximum atomic E-state index is 14.6. The summed E-state index contributed by atoms with van der Waals surface area (Å²) in [5.74, 6) is -0.0101. The molecule has 0 fully saturated rings. The molecule has 0 aliphatic heterocycles. The number of para-hydroxylation sites is 1. The second-order valence-corrected chi connectivity index (χ2v) is 9.78. The van der Waals surface area contributed by atoms with Gasteiger partial charge in [0, 0.05) is 6.54 Å². The summed E-state index contributed by atoms with van der Waals surface area (Å²) in [5, 5.41) is 2.73. The monoisotopic (exact) mass is 500 g/mol. The van der Waals surface area contributed by atoms with Crippen molar-refractivity contribution in [3.05, 3.63) is 83.7 Å². The summed E-state index contributed by atoms with van der Waals surface area (Å²) in [5.41, 5.74) is 1.70. The summed E-state index contributed by atoms with van der Waals surface area (Å²) >= 11 is 0. The molecule has 0 spiro atoms. The van der Waals surface area contributed by atoms with E-state index in [1.807, 2.05) is 25.1 Å². The minimum Gasteiger partial charge on any atom is -0.493 e. The molecule has 0 bridgehead atoms. The molecule has 0 radical (unpaired) electrons. The fourth-order valence-corrected chi connectivity index (χ4v) is 4.96. The molecule has 3 aromatic rings. The van der Waals surface area contributed by atoms with Crippen molar-refractivity contribution in [3.63, 3.8) is 0 Å². The average molecular weight is 501 g/mol. The average Bonchev–Trinajstić information content (AvgIpc) is 2.85. The summed E-state index contributed by atoms with van der Waals surface area (Å²) in [7, 11) is -1.04. The van der Waals surface area contributed by atoms with Gasteiger partial charge in [-0.25, -0.2) is 12.8 Å². The van der Waals surface area contributed by atoms with Gasteiger partial charge in [-0.1, -0.05) is 35.9 Å². The number of methoxy groups -OCH3 is 2. The Balaban J connectivity index is 1.68. The van der Waals surface area contributed by atoms with Crippen molar-refractivity contribution in [2.45, 2.75) is 24.7 Å². The highest BCUT2D eigenvalue weighted by Gasteiger charge is 2.29. The van der Waals surface area contributed by atoms with Gasteiger partial charge >= 0.3 is 0 Å². The predicted molar refractivity (Wildman–Crippen MR) is 133 cm³/mol. The first-order valence-corrected chi connectivity index (χ1v) is 12.5. The summed E-state index contributed by atoms with van der Waals surface area (Å²) in [6.07, 6.45) is 1.28. The SMILES string of the molecule is COc1ccc(CCCNC(=O)CN(c2ccccc2F)S(=O)(=O)c2ccc(C)cc2)cc1OC. The van der Waals surface area contributed by atoms with Gasteiger partial charge in [-0.15, -0.1) is 0 Å². The third-order valence-electron chi connectivity index (χ3n) is 5.43. The van der Waals surface area contributed by atoms with Crippen LogP contribution in [0.2, 0.25) is 0 Å². The lowest BCUT2D eigenvalue weighted by Crippen LogP contribution is -2.41. The van der Waals surface area contributed by atoms with Crippen LogP contribution >= 0.6 is 0 Å². The van der Waals surface area contributed by atoms with Crippen LogP contribution in [0.4, 0.5) is 10.1 Å². The van der Waals surface area contributed by atoms with E-state index >= 15 is 0 Å². The number of hydrogen-bond donors (Lipinski definition) is 1. The molecule has 186 valence electrons. The van der Waals surface area contributed by atoms with Gasteiger partial charge in [-0.3, -0.25) is 9.10 Å². The molecule has 9 heteroatoms. The Morgan fingerprint density at radius 1 is 0.971 bits per heavy atom. The van der Waals surface area contributed by atoms with Crippen LogP contribution in [-0.4, -0.2) is 41.6 Å². The van der Waals surface area contributed by atoms with E-state index in [9.17, 15) is 17.6 Å². The van der Waals surface area contributed by atoms with Crippen LogP contribution in [0.5, 0.6) is 11.5 Å². The summed E-state index contributed by atoms with van der Waals surface area (Å²) in [6.45, 7) is 1.61. The van der Waals surface area contributed by atoms with Gasteiger partial charge in [-0.05, 0) is 61.7 Å². The number of sulfonamides is 1. The van der Waals surface area contributed by atoms with Gasteiger partial charge in [0.1, 0.15) is 12.4 Å². The summed E-state index contributed by atoms with van der Waals surface area (Å²) < 4.78 is 52.5. The number of anilines is 1. The van der Waals surface area contributed by atoms with Gasteiger partial charge in [0.2, 0.25) is 5.91 Å². The van der Waals surface area contributed by atoms with Crippen molar-refractivity contribution >= 4 is 21.6 Å². The molecule has 0 aliphatic rings. The van der Waals surface area contributed by atoms with Gasteiger partial charge in [-0.2, -0.15) is 0 Å². The van der Waals surface area contributed by atoms with Crippen molar-refractivity contribution in [1.29, 1.82) is 0 Å². The lowest BCUT2D eigenvalue weighted by atomic mass is 10.1. The number of hydrogen-bond acceptors (Lipinski definition) is 5. The molecule has 1 amide bonds. The molecule has 0 unspecified atom stereocenters. The lowest BCUT2D eigenvalue weighted by Gasteiger charge is -2.24. The van der Waals surface area contributed by atoms with E-state index in [2.05, 4.69) is 5.32 Å². The molecule has 0 saturated carbocycles. The van der Waals surface area contributed by atoms with Crippen LogP contribution < -0.4 is 19.1 Å². The molecule has 3 rings (SSSR count). The van der Waals surface area contributed by atoms with Gasteiger partial charge in [0.15, 0.2) is 11.5 Å². The van der Waals surface area contributed by atoms with E-state index < -0.39 is 28.3 Å². The maximum Gasteiger partial charge on any atom is 0.264 e. The summed E-state index contributed by atoms with van der Waals surface area (Å²) in [4.78, 5) is 12.7. The van der Waals surface area contributed by atoms with Crippen LogP contribution in [0.15, 0.2) is 71.6 Å². The lowest BCUT2D eigenvalue weighted by molar-refractivity contribution is -0.119. The number of halogens is 1. The first-order chi connectivity index (χ1) is 16.8. The van der Waals surface area contributed by atoms with Crippen LogP contribution in [0, 0.1) is 12.7 Å². The van der Waals surface area contributed by atoms with Crippen molar-refractivity contribution in [3.8, 4) is 11.5 Å². The highest BCUT2D eigenvalue weighted by molar-refractivity contribution is 7.92. The minimum atomic E-state index is -4.17. The second-order valence-electron chi connectivity index (χ2n) is 7.92. The topological polar surface area (TPSA) is 84.9 Å². The maximum absolute atomic E-state index is 14.6.